The van der Waals surface area contributed by atoms with E-state index in [1.807, 2.05) is 6.07 Å². The molecule has 2 aliphatic carbocycles. The van der Waals surface area contributed by atoms with Crippen molar-refractivity contribution in [1.29, 1.82) is 0 Å². The van der Waals surface area contributed by atoms with Gasteiger partial charge in [-0.3, -0.25) is 0 Å². The summed E-state index contributed by atoms with van der Waals surface area (Å²) < 4.78 is 0. The largest absolute Gasteiger partial charge is 0.393 e. The molecule has 4 nitrogen and oxygen atoms in total. The first-order chi connectivity index (χ1) is 10.1. The van der Waals surface area contributed by atoms with Crippen molar-refractivity contribution in [3.8, 4) is 0 Å². The van der Waals surface area contributed by atoms with Gasteiger partial charge in [-0.05, 0) is 48.6 Å². The molecule has 3 rings (SSSR count). The molecule has 0 bridgehead atoms. The number of carbonyl (C=O) groups excluding carboxylic acids is 1. The molecule has 0 spiro atoms. The number of amides is 2. The minimum Gasteiger partial charge on any atom is -0.393 e. The Balaban J connectivity index is 1.53. The number of hydrogen-bond donors (Lipinski definition) is 3. The van der Waals surface area contributed by atoms with Crippen molar-refractivity contribution in [2.24, 2.45) is 11.8 Å². The van der Waals surface area contributed by atoms with Crippen LogP contribution in [0.3, 0.4) is 0 Å². The molecule has 2 amide bonds. The monoisotopic (exact) mass is 288 g/mol. The summed E-state index contributed by atoms with van der Waals surface area (Å²) in [6.07, 6.45) is 3.52. The SMILES string of the molecule is C[C@@H]1Cc2ccccc2[C@@H]1NC(=O)NC[C@H]1CC[C@H](O)C1. The van der Waals surface area contributed by atoms with E-state index in [9.17, 15) is 9.90 Å². The van der Waals surface area contributed by atoms with Gasteiger partial charge < -0.3 is 15.7 Å². The van der Waals surface area contributed by atoms with Gasteiger partial charge in [-0.25, -0.2) is 4.79 Å². The standard InChI is InChI=1S/C17H24N2O2/c1-11-8-13-4-2-3-5-15(13)16(11)19-17(21)18-10-12-6-7-14(20)9-12/h2-5,11-12,14,16,20H,6-10H2,1H3,(H2,18,19,21)/t11-,12+,14+,16-/m1/s1. The summed E-state index contributed by atoms with van der Waals surface area (Å²) in [5.74, 6) is 0.848. The Bertz CT molecular complexity index is 517. The predicted molar refractivity (Wildman–Crippen MR) is 81.9 cm³/mol. The smallest absolute Gasteiger partial charge is 0.315 e. The van der Waals surface area contributed by atoms with E-state index in [4.69, 9.17) is 0 Å². The Labute approximate surface area is 125 Å². The molecule has 2 aliphatic rings. The summed E-state index contributed by atoms with van der Waals surface area (Å²) >= 11 is 0. The average molecular weight is 288 g/mol. The predicted octanol–water partition coefficient (Wildman–Crippen LogP) is 2.38. The summed E-state index contributed by atoms with van der Waals surface area (Å²) in [6.45, 7) is 2.84. The minimum absolute atomic E-state index is 0.0926. The lowest BCUT2D eigenvalue weighted by Gasteiger charge is -2.20. The van der Waals surface area contributed by atoms with Crippen molar-refractivity contribution in [3.63, 3.8) is 0 Å². The third-order valence-corrected chi connectivity index (χ3v) is 4.85. The zero-order chi connectivity index (χ0) is 14.8. The van der Waals surface area contributed by atoms with Crippen LogP contribution in [0.25, 0.3) is 0 Å². The highest BCUT2D eigenvalue weighted by atomic mass is 16.3. The lowest BCUT2D eigenvalue weighted by molar-refractivity contribution is 0.177. The number of fused-ring (bicyclic) bond motifs is 1. The lowest BCUT2D eigenvalue weighted by Crippen LogP contribution is -2.40. The molecular weight excluding hydrogens is 264 g/mol. The van der Waals surface area contributed by atoms with E-state index >= 15 is 0 Å². The molecule has 0 saturated heterocycles. The van der Waals surface area contributed by atoms with Crippen molar-refractivity contribution in [3.05, 3.63) is 35.4 Å². The van der Waals surface area contributed by atoms with Gasteiger partial charge in [0.1, 0.15) is 0 Å². The zero-order valence-corrected chi connectivity index (χ0v) is 12.5. The van der Waals surface area contributed by atoms with E-state index in [0.717, 1.165) is 25.7 Å². The second kappa shape index (κ2) is 6.06. The van der Waals surface area contributed by atoms with Crippen LogP contribution in [0.1, 0.15) is 43.4 Å². The molecule has 1 aromatic rings. The van der Waals surface area contributed by atoms with Crippen LogP contribution in [-0.2, 0) is 6.42 Å². The van der Waals surface area contributed by atoms with Crippen LogP contribution >= 0.6 is 0 Å². The van der Waals surface area contributed by atoms with Gasteiger partial charge >= 0.3 is 6.03 Å². The second-order valence-electron chi connectivity index (χ2n) is 6.55. The Morgan fingerprint density at radius 2 is 2.14 bits per heavy atom. The van der Waals surface area contributed by atoms with Crippen molar-refractivity contribution in [2.75, 3.05) is 6.54 Å². The van der Waals surface area contributed by atoms with Crippen LogP contribution in [0.15, 0.2) is 24.3 Å². The molecule has 114 valence electrons. The Morgan fingerprint density at radius 3 is 2.90 bits per heavy atom. The van der Waals surface area contributed by atoms with Crippen LogP contribution in [0.4, 0.5) is 4.79 Å². The molecule has 3 N–H and O–H groups in total. The highest BCUT2D eigenvalue weighted by Crippen LogP contribution is 2.35. The normalized spacial score (nSPS) is 31.0. The quantitative estimate of drug-likeness (QED) is 0.799. The third kappa shape index (κ3) is 3.21. The summed E-state index contributed by atoms with van der Waals surface area (Å²) in [5, 5.41) is 15.6. The fourth-order valence-corrected chi connectivity index (χ4v) is 3.68. The fraction of sp³-hybridized carbons (Fsp3) is 0.588. The van der Waals surface area contributed by atoms with Crippen molar-refractivity contribution in [2.45, 2.75) is 44.8 Å². The zero-order valence-electron chi connectivity index (χ0n) is 12.5. The minimum atomic E-state index is -0.179. The van der Waals surface area contributed by atoms with E-state index < -0.39 is 0 Å². The average Bonchev–Trinajstić information content (AvgIpc) is 3.01. The van der Waals surface area contributed by atoms with Crippen LogP contribution in [-0.4, -0.2) is 23.8 Å². The molecule has 21 heavy (non-hydrogen) atoms. The summed E-state index contributed by atoms with van der Waals surface area (Å²) in [7, 11) is 0. The molecule has 1 fully saturated rings. The van der Waals surface area contributed by atoms with Crippen molar-refractivity contribution < 1.29 is 9.90 Å². The summed E-state index contributed by atoms with van der Waals surface area (Å²) in [6, 6.07) is 8.35. The number of benzene rings is 1. The number of hydrogen-bond acceptors (Lipinski definition) is 2. The molecule has 0 aliphatic heterocycles. The second-order valence-corrected chi connectivity index (χ2v) is 6.55. The van der Waals surface area contributed by atoms with Crippen LogP contribution in [0.2, 0.25) is 0 Å². The van der Waals surface area contributed by atoms with Crippen molar-refractivity contribution in [1.82, 2.24) is 10.6 Å². The van der Waals surface area contributed by atoms with E-state index in [2.05, 4.69) is 35.8 Å². The number of rotatable bonds is 3. The van der Waals surface area contributed by atoms with Gasteiger partial charge in [-0.15, -0.1) is 0 Å². The number of urea groups is 1. The molecule has 0 aromatic heterocycles. The molecular formula is C17H24N2O2. The van der Waals surface area contributed by atoms with Crippen molar-refractivity contribution >= 4 is 6.03 Å². The first-order valence-electron chi connectivity index (χ1n) is 7.93. The fourth-order valence-electron chi connectivity index (χ4n) is 3.68. The maximum atomic E-state index is 12.1. The van der Waals surface area contributed by atoms with Gasteiger partial charge in [-0.1, -0.05) is 31.2 Å². The van der Waals surface area contributed by atoms with Gasteiger partial charge in [-0.2, -0.15) is 0 Å². The number of nitrogens with one attached hydrogen (secondary N) is 2. The van der Waals surface area contributed by atoms with Gasteiger partial charge in [0.15, 0.2) is 0 Å². The molecule has 4 heteroatoms. The van der Waals surface area contributed by atoms with E-state index in [1.54, 1.807) is 0 Å². The van der Waals surface area contributed by atoms with Gasteiger partial charge in [0, 0.05) is 6.54 Å². The van der Waals surface area contributed by atoms with E-state index in [-0.39, 0.29) is 18.2 Å². The Morgan fingerprint density at radius 1 is 1.33 bits per heavy atom. The highest BCUT2D eigenvalue weighted by molar-refractivity contribution is 5.74. The molecule has 1 saturated carbocycles. The maximum absolute atomic E-state index is 12.1. The van der Waals surface area contributed by atoms with E-state index in [0.29, 0.717) is 18.4 Å². The molecule has 0 unspecified atom stereocenters. The lowest BCUT2D eigenvalue weighted by atomic mass is 10.0. The molecule has 1 aromatic carbocycles. The molecule has 0 heterocycles. The number of aliphatic hydroxyl groups excluding tert-OH is 1. The summed E-state index contributed by atoms with van der Waals surface area (Å²) in [5.41, 5.74) is 2.59. The van der Waals surface area contributed by atoms with Crippen LogP contribution in [0, 0.1) is 11.8 Å². The van der Waals surface area contributed by atoms with E-state index in [1.165, 1.54) is 11.1 Å². The topological polar surface area (TPSA) is 61.4 Å². The molecule has 0 radical (unpaired) electrons. The van der Waals surface area contributed by atoms with Gasteiger partial charge in [0.25, 0.3) is 0 Å². The Kier molecular flexibility index (Phi) is 4.15. The van der Waals surface area contributed by atoms with Crippen LogP contribution in [0.5, 0.6) is 0 Å². The Hall–Kier alpha value is -1.55. The van der Waals surface area contributed by atoms with Crippen LogP contribution < -0.4 is 10.6 Å². The first kappa shape index (κ1) is 14.4. The number of aliphatic hydroxyl groups is 1. The third-order valence-electron chi connectivity index (χ3n) is 4.85. The van der Waals surface area contributed by atoms with Gasteiger partial charge in [0.2, 0.25) is 0 Å². The summed E-state index contributed by atoms with van der Waals surface area (Å²) in [4.78, 5) is 12.1. The first-order valence-corrected chi connectivity index (χ1v) is 7.93. The number of carbonyl (C=O) groups is 1. The highest BCUT2D eigenvalue weighted by Gasteiger charge is 2.30. The van der Waals surface area contributed by atoms with Gasteiger partial charge in [0.05, 0.1) is 12.1 Å². The molecule has 4 atom stereocenters. The maximum Gasteiger partial charge on any atom is 0.315 e.